The van der Waals surface area contributed by atoms with Crippen LogP contribution in [0.15, 0.2) is 54.7 Å². The van der Waals surface area contributed by atoms with Crippen LogP contribution < -0.4 is 4.74 Å². The Morgan fingerprint density at radius 2 is 1.93 bits per heavy atom. The van der Waals surface area contributed by atoms with Gasteiger partial charge in [0.25, 0.3) is 0 Å². The highest BCUT2D eigenvalue weighted by molar-refractivity contribution is 5.86. The molecule has 3 aromatic rings. The molecule has 1 aliphatic rings. The summed E-state index contributed by atoms with van der Waals surface area (Å²) in [7, 11) is 1.69. The first-order valence-corrected chi connectivity index (χ1v) is 10.2. The lowest BCUT2D eigenvalue weighted by Crippen LogP contribution is -2.29. The van der Waals surface area contributed by atoms with Gasteiger partial charge >= 0.3 is 0 Å². The molecule has 0 aliphatic carbocycles. The average Bonchev–Trinajstić information content (AvgIpc) is 3.41. The molecule has 1 fully saturated rings. The van der Waals surface area contributed by atoms with E-state index in [1.54, 1.807) is 7.11 Å². The number of benzene rings is 2. The molecule has 146 valence electrons. The Morgan fingerprint density at radius 1 is 1.14 bits per heavy atom. The molecule has 4 heteroatoms. The largest absolute Gasteiger partial charge is 0.497 e. The number of carbonyl (C=O) groups excluding carboxylic acids is 1. The second-order valence-electron chi connectivity index (χ2n) is 7.67. The van der Waals surface area contributed by atoms with E-state index < -0.39 is 0 Å². The van der Waals surface area contributed by atoms with Crippen LogP contribution in [0.25, 0.3) is 10.9 Å². The van der Waals surface area contributed by atoms with Gasteiger partial charge in [-0.2, -0.15) is 0 Å². The Balaban J connectivity index is 1.60. The molecule has 1 amide bonds. The van der Waals surface area contributed by atoms with Gasteiger partial charge in [-0.1, -0.05) is 30.3 Å². The van der Waals surface area contributed by atoms with E-state index in [1.807, 2.05) is 23.1 Å². The number of nitrogens with one attached hydrogen (secondary N) is 1. The molecule has 0 radical (unpaired) electrons. The second kappa shape index (κ2) is 8.51. The number of aromatic nitrogens is 1. The van der Waals surface area contributed by atoms with Crippen molar-refractivity contribution in [3.05, 3.63) is 65.9 Å². The fraction of sp³-hybridized carbons (Fsp3) is 0.375. The minimum atomic E-state index is 0.189. The molecule has 0 spiro atoms. The fourth-order valence-electron chi connectivity index (χ4n) is 4.25. The number of ether oxygens (including phenoxy) is 1. The number of carbonyl (C=O) groups is 1. The highest BCUT2D eigenvalue weighted by Gasteiger charge is 2.24. The molecular weight excluding hydrogens is 348 g/mol. The molecule has 2 heterocycles. The SMILES string of the molecule is COc1ccc2[nH]cc([C@@H](CCc3ccccc3)CC(=O)N3CCCC3)c2c1. The first-order valence-electron chi connectivity index (χ1n) is 10.2. The summed E-state index contributed by atoms with van der Waals surface area (Å²) in [4.78, 5) is 18.3. The molecule has 0 unspecified atom stereocenters. The van der Waals surface area contributed by atoms with Gasteiger partial charge in [-0.05, 0) is 60.9 Å². The maximum absolute atomic E-state index is 12.9. The van der Waals surface area contributed by atoms with Crippen LogP contribution in [0.3, 0.4) is 0 Å². The molecule has 1 saturated heterocycles. The molecule has 4 nitrogen and oxygen atoms in total. The minimum Gasteiger partial charge on any atom is -0.497 e. The molecular formula is C24H28N2O2. The molecule has 1 N–H and O–H groups in total. The number of amides is 1. The molecule has 1 aliphatic heterocycles. The summed E-state index contributed by atoms with van der Waals surface area (Å²) < 4.78 is 5.43. The molecule has 1 aromatic heterocycles. The smallest absolute Gasteiger partial charge is 0.223 e. The Bertz CT molecular complexity index is 926. The summed E-state index contributed by atoms with van der Waals surface area (Å²) in [6, 6.07) is 16.6. The predicted octanol–water partition coefficient (Wildman–Crippen LogP) is 4.91. The van der Waals surface area contributed by atoms with Crippen LogP contribution in [0.5, 0.6) is 5.75 Å². The fourth-order valence-corrected chi connectivity index (χ4v) is 4.25. The summed E-state index contributed by atoms with van der Waals surface area (Å²) in [5.41, 5.74) is 3.63. The van der Waals surface area contributed by atoms with Gasteiger partial charge in [-0.15, -0.1) is 0 Å². The van der Waals surface area contributed by atoms with Gasteiger partial charge in [0.05, 0.1) is 7.11 Å². The van der Waals surface area contributed by atoms with Crippen LogP contribution >= 0.6 is 0 Å². The number of hydrogen-bond donors (Lipinski definition) is 1. The van der Waals surface area contributed by atoms with E-state index in [0.29, 0.717) is 6.42 Å². The van der Waals surface area contributed by atoms with Crippen molar-refractivity contribution in [3.63, 3.8) is 0 Å². The molecule has 0 bridgehead atoms. The maximum atomic E-state index is 12.9. The van der Waals surface area contributed by atoms with Crippen molar-refractivity contribution in [1.82, 2.24) is 9.88 Å². The number of hydrogen-bond acceptors (Lipinski definition) is 2. The summed E-state index contributed by atoms with van der Waals surface area (Å²) in [5.74, 6) is 1.32. The lowest BCUT2D eigenvalue weighted by Gasteiger charge is -2.21. The second-order valence-corrected chi connectivity index (χ2v) is 7.67. The van der Waals surface area contributed by atoms with E-state index in [1.165, 1.54) is 11.1 Å². The van der Waals surface area contributed by atoms with Crippen LogP contribution in [-0.4, -0.2) is 36.0 Å². The third kappa shape index (κ3) is 4.06. The summed E-state index contributed by atoms with van der Waals surface area (Å²) in [5, 5.41) is 1.16. The molecule has 0 saturated carbocycles. The number of aromatic amines is 1. The Labute approximate surface area is 166 Å². The predicted molar refractivity (Wildman–Crippen MR) is 113 cm³/mol. The van der Waals surface area contributed by atoms with E-state index in [4.69, 9.17) is 4.74 Å². The van der Waals surface area contributed by atoms with E-state index >= 15 is 0 Å². The molecule has 1 atom stereocenters. The van der Waals surface area contributed by atoms with Crippen LogP contribution in [0, 0.1) is 0 Å². The topological polar surface area (TPSA) is 45.3 Å². The number of rotatable bonds is 7. The first kappa shape index (κ1) is 18.6. The molecule has 28 heavy (non-hydrogen) atoms. The standard InChI is InChI=1S/C24H28N2O2/c1-28-20-11-12-23-21(16-20)22(17-25-23)19(10-9-18-7-3-2-4-8-18)15-24(27)26-13-5-6-14-26/h2-4,7-8,11-12,16-17,19,25H,5-6,9-10,13-15H2,1H3/t19-/m0/s1. The van der Waals surface area contributed by atoms with Crippen molar-refractivity contribution in [2.24, 2.45) is 0 Å². The van der Waals surface area contributed by atoms with E-state index in [0.717, 1.165) is 55.4 Å². The highest BCUT2D eigenvalue weighted by Crippen LogP contribution is 2.34. The Hall–Kier alpha value is -2.75. The van der Waals surface area contributed by atoms with Crippen LogP contribution in [0.2, 0.25) is 0 Å². The number of nitrogens with zero attached hydrogens (tertiary/aromatic N) is 1. The van der Waals surface area contributed by atoms with Crippen molar-refractivity contribution < 1.29 is 9.53 Å². The third-order valence-corrected chi connectivity index (χ3v) is 5.86. The van der Waals surface area contributed by atoms with Gasteiger partial charge in [0, 0.05) is 36.6 Å². The molecule has 2 aromatic carbocycles. The summed E-state index contributed by atoms with van der Waals surface area (Å²) >= 11 is 0. The lowest BCUT2D eigenvalue weighted by atomic mass is 9.89. The Morgan fingerprint density at radius 3 is 2.68 bits per heavy atom. The zero-order valence-corrected chi connectivity index (χ0v) is 16.5. The van der Waals surface area contributed by atoms with E-state index in [2.05, 4.69) is 41.5 Å². The van der Waals surface area contributed by atoms with Gasteiger partial charge in [-0.3, -0.25) is 4.79 Å². The van der Waals surface area contributed by atoms with Crippen molar-refractivity contribution in [2.75, 3.05) is 20.2 Å². The number of methoxy groups -OCH3 is 1. The number of fused-ring (bicyclic) bond motifs is 1. The minimum absolute atomic E-state index is 0.189. The normalized spacial score (nSPS) is 15.1. The zero-order valence-electron chi connectivity index (χ0n) is 16.5. The first-order chi connectivity index (χ1) is 13.7. The van der Waals surface area contributed by atoms with Crippen molar-refractivity contribution in [2.45, 2.75) is 38.0 Å². The van der Waals surface area contributed by atoms with Crippen molar-refractivity contribution in [3.8, 4) is 5.75 Å². The highest BCUT2D eigenvalue weighted by atomic mass is 16.5. The van der Waals surface area contributed by atoms with Gasteiger partial charge in [0.2, 0.25) is 5.91 Å². The van der Waals surface area contributed by atoms with Gasteiger partial charge in [0.1, 0.15) is 5.75 Å². The average molecular weight is 377 g/mol. The van der Waals surface area contributed by atoms with Gasteiger partial charge in [0.15, 0.2) is 0 Å². The summed E-state index contributed by atoms with van der Waals surface area (Å²) in [6.45, 7) is 1.82. The maximum Gasteiger partial charge on any atom is 0.223 e. The summed E-state index contributed by atoms with van der Waals surface area (Å²) in [6.07, 6.45) is 6.83. The Kier molecular flexibility index (Phi) is 5.65. The van der Waals surface area contributed by atoms with Gasteiger partial charge < -0.3 is 14.6 Å². The van der Waals surface area contributed by atoms with Crippen molar-refractivity contribution in [1.29, 1.82) is 0 Å². The lowest BCUT2D eigenvalue weighted by molar-refractivity contribution is -0.130. The number of likely N-dealkylation sites (tertiary alicyclic amines) is 1. The van der Waals surface area contributed by atoms with E-state index in [-0.39, 0.29) is 11.8 Å². The monoisotopic (exact) mass is 376 g/mol. The van der Waals surface area contributed by atoms with E-state index in [9.17, 15) is 4.79 Å². The van der Waals surface area contributed by atoms with Crippen LogP contribution in [0.1, 0.15) is 42.7 Å². The zero-order chi connectivity index (χ0) is 19.3. The van der Waals surface area contributed by atoms with Crippen molar-refractivity contribution >= 4 is 16.8 Å². The third-order valence-electron chi connectivity index (χ3n) is 5.86. The molecule has 4 rings (SSSR count). The van der Waals surface area contributed by atoms with Crippen LogP contribution in [0.4, 0.5) is 0 Å². The van der Waals surface area contributed by atoms with Crippen LogP contribution in [-0.2, 0) is 11.2 Å². The quantitative estimate of drug-likeness (QED) is 0.637. The number of H-pyrrole nitrogens is 1. The number of aryl methyl sites for hydroxylation is 1. The van der Waals surface area contributed by atoms with Gasteiger partial charge in [-0.25, -0.2) is 0 Å².